The summed E-state index contributed by atoms with van der Waals surface area (Å²) < 4.78 is 4.57. The van der Waals surface area contributed by atoms with Gasteiger partial charge in [0, 0.05) is 5.92 Å². The average Bonchev–Trinajstić information content (AvgIpc) is 2.85. The Bertz CT molecular complexity index is 317. The molecule has 1 atom stereocenters. The van der Waals surface area contributed by atoms with Crippen molar-refractivity contribution in [2.45, 2.75) is 25.7 Å². The molecule has 15 heavy (non-hydrogen) atoms. The van der Waals surface area contributed by atoms with Gasteiger partial charge in [-0.1, -0.05) is 18.0 Å². The summed E-state index contributed by atoms with van der Waals surface area (Å²) in [6.45, 7) is 0. The van der Waals surface area contributed by atoms with Crippen LogP contribution in [0.25, 0.3) is 0 Å². The number of esters is 1. The van der Waals surface area contributed by atoms with Gasteiger partial charge in [-0.05, 0) is 12.8 Å². The molecule has 0 aromatic carbocycles. The summed E-state index contributed by atoms with van der Waals surface area (Å²) in [5, 5.41) is 3.72. The zero-order valence-electron chi connectivity index (χ0n) is 8.56. The molecule has 0 bridgehead atoms. The predicted octanol–water partition coefficient (Wildman–Crippen LogP) is 0.879. The Hall–Kier alpha value is -1.39. The molecule has 5 nitrogen and oxygen atoms in total. The molecule has 5 heteroatoms. The van der Waals surface area contributed by atoms with E-state index in [9.17, 15) is 9.59 Å². The molecule has 2 aliphatic rings. The lowest BCUT2D eigenvalue weighted by molar-refractivity contribution is -0.154. The number of ether oxygens (including phenoxy) is 1. The van der Waals surface area contributed by atoms with Crippen LogP contribution in [-0.4, -0.2) is 24.8 Å². The number of hydrogen-bond acceptors (Lipinski definition) is 5. The fourth-order valence-electron chi connectivity index (χ4n) is 2.19. The largest absolute Gasteiger partial charge is 0.468 e. The Kier molecular flexibility index (Phi) is 2.70. The first-order chi connectivity index (χ1) is 7.24. The molecule has 0 aromatic rings. The Morgan fingerprint density at radius 2 is 2.13 bits per heavy atom. The molecule has 1 unspecified atom stereocenters. The van der Waals surface area contributed by atoms with Gasteiger partial charge in [-0.15, -0.1) is 0 Å². The number of carbonyl (C=O) groups is 2. The molecule has 0 N–H and O–H groups in total. The number of oxime groups is 1. The molecule has 1 heterocycles. The van der Waals surface area contributed by atoms with Crippen LogP contribution in [0, 0.1) is 11.8 Å². The molecule has 0 aromatic heterocycles. The number of hydrogen-bond donors (Lipinski definition) is 0. The Balaban J connectivity index is 2.15. The third-order valence-corrected chi connectivity index (χ3v) is 2.98. The fourth-order valence-corrected chi connectivity index (χ4v) is 2.19. The van der Waals surface area contributed by atoms with E-state index in [0.29, 0.717) is 5.71 Å². The van der Waals surface area contributed by atoms with E-state index in [1.807, 2.05) is 0 Å². The van der Waals surface area contributed by atoms with Crippen molar-refractivity contribution in [3.05, 3.63) is 0 Å². The van der Waals surface area contributed by atoms with Gasteiger partial charge in [-0.2, -0.15) is 0 Å². The van der Waals surface area contributed by atoms with Crippen molar-refractivity contribution < 1.29 is 19.2 Å². The molecule has 0 spiro atoms. The number of methoxy groups -OCH3 is 1. The average molecular weight is 211 g/mol. The molecule has 0 amide bonds. The van der Waals surface area contributed by atoms with Crippen LogP contribution in [0.15, 0.2) is 5.16 Å². The van der Waals surface area contributed by atoms with Crippen molar-refractivity contribution >= 4 is 17.7 Å². The summed E-state index contributed by atoms with van der Waals surface area (Å²) in [4.78, 5) is 27.3. The zero-order valence-corrected chi connectivity index (χ0v) is 8.56. The lowest BCUT2D eigenvalue weighted by Gasteiger charge is -2.11. The van der Waals surface area contributed by atoms with E-state index < -0.39 is 17.9 Å². The van der Waals surface area contributed by atoms with Crippen LogP contribution in [0.3, 0.4) is 0 Å². The van der Waals surface area contributed by atoms with Crippen molar-refractivity contribution in [1.29, 1.82) is 0 Å². The summed E-state index contributed by atoms with van der Waals surface area (Å²) in [6.07, 6.45) is 4.18. The molecular formula is C10H13NO4. The maximum absolute atomic E-state index is 11.4. The summed E-state index contributed by atoms with van der Waals surface area (Å²) in [5.41, 5.74) is 0.560. The molecule has 0 saturated heterocycles. The van der Waals surface area contributed by atoms with Gasteiger partial charge in [-0.25, -0.2) is 4.79 Å². The Morgan fingerprint density at radius 1 is 1.47 bits per heavy atom. The maximum Gasteiger partial charge on any atom is 0.355 e. The molecule has 1 aliphatic carbocycles. The molecule has 82 valence electrons. The highest BCUT2D eigenvalue weighted by Gasteiger charge is 2.43. The van der Waals surface area contributed by atoms with Crippen LogP contribution in [0.2, 0.25) is 0 Å². The quantitative estimate of drug-likeness (QED) is 0.386. The Labute approximate surface area is 87.4 Å². The highest BCUT2D eigenvalue weighted by molar-refractivity contribution is 6.19. The van der Waals surface area contributed by atoms with Gasteiger partial charge < -0.3 is 9.57 Å². The zero-order chi connectivity index (χ0) is 10.8. The van der Waals surface area contributed by atoms with Gasteiger partial charge >= 0.3 is 11.9 Å². The summed E-state index contributed by atoms with van der Waals surface area (Å²) >= 11 is 0. The lowest BCUT2D eigenvalue weighted by Crippen LogP contribution is -2.32. The third-order valence-electron chi connectivity index (χ3n) is 2.98. The minimum Gasteiger partial charge on any atom is -0.468 e. The smallest absolute Gasteiger partial charge is 0.355 e. The van der Waals surface area contributed by atoms with Crippen LogP contribution in [0.1, 0.15) is 25.7 Å². The minimum absolute atomic E-state index is 0.209. The van der Waals surface area contributed by atoms with Crippen molar-refractivity contribution in [3.8, 4) is 0 Å². The second-order valence-electron chi connectivity index (χ2n) is 3.86. The van der Waals surface area contributed by atoms with E-state index in [1.165, 1.54) is 7.11 Å². The van der Waals surface area contributed by atoms with Crippen LogP contribution in [-0.2, 0) is 19.2 Å². The fraction of sp³-hybridized carbons (Fsp3) is 0.700. The van der Waals surface area contributed by atoms with Gasteiger partial charge in [0.05, 0.1) is 12.8 Å². The highest BCUT2D eigenvalue weighted by Crippen LogP contribution is 2.31. The molecular weight excluding hydrogens is 198 g/mol. The Morgan fingerprint density at radius 3 is 2.73 bits per heavy atom. The van der Waals surface area contributed by atoms with Crippen molar-refractivity contribution in [2.24, 2.45) is 17.0 Å². The molecule has 1 saturated carbocycles. The lowest BCUT2D eigenvalue weighted by atomic mass is 9.91. The van der Waals surface area contributed by atoms with Gasteiger partial charge in [0.25, 0.3) is 0 Å². The van der Waals surface area contributed by atoms with Gasteiger partial charge in [-0.3, -0.25) is 4.79 Å². The van der Waals surface area contributed by atoms with Gasteiger partial charge in [0.2, 0.25) is 0 Å². The molecule has 2 rings (SSSR count). The SMILES string of the molecule is COC(=O)C1C(=O)ON=C1C1CCCC1. The van der Waals surface area contributed by atoms with E-state index >= 15 is 0 Å². The third kappa shape index (κ3) is 1.73. The monoisotopic (exact) mass is 211 g/mol. The molecule has 0 radical (unpaired) electrons. The van der Waals surface area contributed by atoms with Crippen LogP contribution >= 0.6 is 0 Å². The first-order valence-corrected chi connectivity index (χ1v) is 5.10. The second kappa shape index (κ2) is 4.00. The number of carbonyl (C=O) groups excluding carboxylic acids is 2. The van der Waals surface area contributed by atoms with Crippen LogP contribution in [0.5, 0.6) is 0 Å². The van der Waals surface area contributed by atoms with Gasteiger partial charge in [0.15, 0.2) is 5.92 Å². The normalized spacial score (nSPS) is 26.3. The first kappa shape index (κ1) is 10.1. The highest BCUT2D eigenvalue weighted by atomic mass is 16.7. The minimum atomic E-state index is -0.918. The topological polar surface area (TPSA) is 65.0 Å². The molecule has 1 fully saturated rings. The van der Waals surface area contributed by atoms with E-state index in [1.54, 1.807) is 0 Å². The van der Waals surface area contributed by atoms with Crippen molar-refractivity contribution in [2.75, 3.05) is 7.11 Å². The first-order valence-electron chi connectivity index (χ1n) is 5.10. The van der Waals surface area contributed by atoms with E-state index in [0.717, 1.165) is 25.7 Å². The summed E-state index contributed by atoms with van der Waals surface area (Å²) in [5.74, 6) is -1.88. The van der Waals surface area contributed by atoms with E-state index in [4.69, 9.17) is 0 Å². The maximum atomic E-state index is 11.4. The van der Waals surface area contributed by atoms with Crippen molar-refractivity contribution in [3.63, 3.8) is 0 Å². The summed E-state index contributed by atoms with van der Waals surface area (Å²) in [7, 11) is 1.26. The van der Waals surface area contributed by atoms with E-state index in [2.05, 4.69) is 14.7 Å². The summed E-state index contributed by atoms with van der Waals surface area (Å²) in [6, 6.07) is 0. The second-order valence-corrected chi connectivity index (χ2v) is 3.86. The van der Waals surface area contributed by atoms with Crippen molar-refractivity contribution in [1.82, 2.24) is 0 Å². The number of rotatable bonds is 2. The van der Waals surface area contributed by atoms with E-state index in [-0.39, 0.29) is 5.92 Å². The molecule has 1 aliphatic heterocycles. The van der Waals surface area contributed by atoms with Crippen LogP contribution < -0.4 is 0 Å². The standard InChI is InChI=1S/C10H13NO4/c1-14-9(12)7-8(11-15-10(7)13)6-4-2-3-5-6/h6-7H,2-5H2,1H3. The van der Waals surface area contributed by atoms with Crippen LogP contribution in [0.4, 0.5) is 0 Å². The number of nitrogens with zero attached hydrogens (tertiary/aromatic N) is 1. The predicted molar refractivity (Wildman–Crippen MR) is 51.0 cm³/mol. The van der Waals surface area contributed by atoms with Gasteiger partial charge in [0.1, 0.15) is 0 Å².